The Labute approximate surface area is 496 Å². The molecule has 0 aliphatic heterocycles. The number of likely N-dealkylation sites (N-methyl/N-ethyl adjacent to an activating group) is 1. The minimum absolute atomic E-state index is 0.0298. The van der Waals surface area contributed by atoms with Gasteiger partial charge in [-0.05, 0) is 77.0 Å². The van der Waals surface area contributed by atoms with Gasteiger partial charge in [-0.25, -0.2) is 0 Å². The molecule has 0 aliphatic carbocycles. The number of carbonyl (C=O) groups is 2. The molecule has 0 heterocycles. The highest BCUT2D eigenvalue weighted by molar-refractivity contribution is 7.45. The van der Waals surface area contributed by atoms with Gasteiger partial charge in [0.2, 0.25) is 0 Å². The van der Waals surface area contributed by atoms with E-state index < -0.39 is 26.5 Å². The minimum atomic E-state index is -4.64. The number of hydrogen-bond donors (Lipinski definition) is 0. The molecule has 2 unspecified atom stereocenters. The van der Waals surface area contributed by atoms with Gasteiger partial charge in [-0.2, -0.15) is 0 Å². The third-order valence-electron chi connectivity index (χ3n) is 15.0. The predicted octanol–water partition coefficient (Wildman–Crippen LogP) is 21.2. The molecule has 0 N–H and O–H groups in total. The van der Waals surface area contributed by atoms with Crippen LogP contribution >= 0.6 is 7.82 Å². The molecule has 0 amide bonds. The normalized spacial score (nSPS) is 13.5. The lowest BCUT2D eigenvalue weighted by Crippen LogP contribution is -2.37. The Balaban J connectivity index is 4.01. The van der Waals surface area contributed by atoms with E-state index in [1.165, 1.54) is 231 Å². The number of carbonyl (C=O) groups excluding carboxylic acids is 2. The van der Waals surface area contributed by atoms with Crippen LogP contribution in [0.15, 0.2) is 60.8 Å². The van der Waals surface area contributed by atoms with Crippen LogP contribution in [0.5, 0.6) is 0 Å². The smallest absolute Gasteiger partial charge is 0.306 e. The van der Waals surface area contributed by atoms with Gasteiger partial charge in [0.05, 0.1) is 27.7 Å². The van der Waals surface area contributed by atoms with Gasteiger partial charge in [0, 0.05) is 12.8 Å². The van der Waals surface area contributed by atoms with Gasteiger partial charge in [-0.15, -0.1) is 0 Å². The van der Waals surface area contributed by atoms with E-state index in [1.54, 1.807) is 0 Å². The Hall–Kier alpha value is -2.29. The first-order valence-electron chi connectivity index (χ1n) is 34.0. The van der Waals surface area contributed by atoms with Gasteiger partial charge in [0.15, 0.2) is 6.10 Å². The van der Waals surface area contributed by atoms with Gasteiger partial charge in [-0.3, -0.25) is 14.2 Å². The van der Waals surface area contributed by atoms with Crippen LogP contribution in [0.25, 0.3) is 0 Å². The van der Waals surface area contributed by atoms with Crippen LogP contribution in [0.3, 0.4) is 0 Å². The van der Waals surface area contributed by atoms with Gasteiger partial charge in [0.25, 0.3) is 7.82 Å². The molecule has 0 aliphatic rings. The van der Waals surface area contributed by atoms with E-state index in [1.807, 2.05) is 21.1 Å². The molecule has 80 heavy (non-hydrogen) atoms. The Kier molecular flexibility index (Phi) is 59.5. The summed E-state index contributed by atoms with van der Waals surface area (Å²) >= 11 is 0. The fraction of sp³-hybridized carbons (Fsp3) is 0.829. The summed E-state index contributed by atoms with van der Waals surface area (Å²) in [4.78, 5) is 38.0. The fourth-order valence-electron chi connectivity index (χ4n) is 9.82. The molecule has 0 spiro atoms. The van der Waals surface area contributed by atoms with Crippen LogP contribution in [-0.2, 0) is 32.7 Å². The lowest BCUT2D eigenvalue weighted by atomic mass is 10.0. The van der Waals surface area contributed by atoms with Crippen molar-refractivity contribution in [2.45, 2.75) is 328 Å². The lowest BCUT2D eigenvalue weighted by molar-refractivity contribution is -0.870. The van der Waals surface area contributed by atoms with Crippen molar-refractivity contribution < 1.29 is 42.1 Å². The van der Waals surface area contributed by atoms with E-state index in [4.69, 9.17) is 18.5 Å². The highest BCUT2D eigenvalue weighted by atomic mass is 31.2. The first-order chi connectivity index (χ1) is 39.0. The summed E-state index contributed by atoms with van der Waals surface area (Å²) in [6, 6.07) is 0. The van der Waals surface area contributed by atoms with Crippen molar-refractivity contribution in [1.82, 2.24) is 0 Å². The van der Waals surface area contributed by atoms with Crippen LogP contribution in [0.2, 0.25) is 0 Å². The molecule has 9 nitrogen and oxygen atoms in total. The maximum atomic E-state index is 12.9. The van der Waals surface area contributed by atoms with Crippen molar-refractivity contribution in [2.75, 3.05) is 47.5 Å². The first kappa shape index (κ1) is 77.7. The van der Waals surface area contributed by atoms with Crippen molar-refractivity contribution in [3.63, 3.8) is 0 Å². The number of hydrogen-bond acceptors (Lipinski definition) is 8. The van der Waals surface area contributed by atoms with E-state index in [0.717, 1.165) is 57.8 Å². The van der Waals surface area contributed by atoms with E-state index in [9.17, 15) is 19.0 Å². The first-order valence-corrected chi connectivity index (χ1v) is 35.5. The monoisotopic (exact) mass is 1140 g/mol. The average Bonchev–Trinajstić information content (AvgIpc) is 3.42. The Morgan fingerprint density at radius 2 is 0.713 bits per heavy atom. The second-order valence-corrected chi connectivity index (χ2v) is 25.6. The molecule has 0 aromatic carbocycles. The van der Waals surface area contributed by atoms with Gasteiger partial charge in [0.1, 0.15) is 19.8 Å². The second-order valence-electron chi connectivity index (χ2n) is 24.2. The highest BCUT2D eigenvalue weighted by Crippen LogP contribution is 2.38. The number of rotatable bonds is 63. The molecule has 0 saturated carbocycles. The van der Waals surface area contributed by atoms with E-state index in [-0.39, 0.29) is 32.0 Å². The zero-order chi connectivity index (χ0) is 58.4. The van der Waals surface area contributed by atoms with Crippen LogP contribution in [-0.4, -0.2) is 70.0 Å². The van der Waals surface area contributed by atoms with Crippen LogP contribution in [0.1, 0.15) is 322 Å². The molecule has 2 atom stereocenters. The molecule has 0 aromatic heterocycles. The molecule has 0 rings (SSSR count). The van der Waals surface area contributed by atoms with Crippen molar-refractivity contribution in [2.24, 2.45) is 0 Å². The molecule has 0 radical (unpaired) electrons. The highest BCUT2D eigenvalue weighted by Gasteiger charge is 2.22. The summed E-state index contributed by atoms with van der Waals surface area (Å²) in [7, 11) is 1.18. The largest absolute Gasteiger partial charge is 0.756 e. The number of unbranched alkanes of at least 4 members (excludes halogenated alkanes) is 39. The molecule has 0 saturated heterocycles. The Morgan fingerprint density at radius 3 is 1.07 bits per heavy atom. The number of phosphoric acid groups is 1. The summed E-state index contributed by atoms with van der Waals surface area (Å²) in [5, 5.41) is 0. The standard InChI is InChI=1S/C70H130NO8P/c1-6-8-10-12-14-16-18-20-22-24-26-28-30-31-32-33-34-35-36-37-38-39-41-43-45-47-49-51-53-55-57-59-61-63-70(73)79-68(67-78-80(74,75)77-65-64-71(3,4)5)66-76-69(72)62-60-58-56-54-52-50-48-46-44-42-40-29-27-25-23-21-19-17-15-13-11-9-7-2/h8,10,14,16,20,22,25-28,68H,6-7,9,11-13,15,17-19,21,23-24,29-67H2,1-5H3/b10-8-,16-14-,22-20-,27-25-,28-26-. The van der Waals surface area contributed by atoms with Crippen LogP contribution in [0.4, 0.5) is 0 Å². The summed E-state index contributed by atoms with van der Waals surface area (Å²) in [6.45, 7) is 4.18. The second kappa shape index (κ2) is 61.3. The molecule has 0 bridgehead atoms. The van der Waals surface area contributed by atoms with Crippen molar-refractivity contribution in [3.05, 3.63) is 60.8 Å². The fourth-order valence-corrected chi connectivity index (χ4v) is 10.6. The summed E-state index contributed by atoms with van der Waals surface area (Å²) in [5.74, 6) is -0.818. The SMILES string of the molecule is CC/C=C\C/C=C\C/C=C\C/C=C\CCCCCCCCCCCCCCCCCCCCCCC(=O)OC(COC(=O)CCCCCCCCCCCCC/C=C\CCCCCCCCCC)COP(=O)([O-])OCC[N+](C)(C)C. The number of ether oxygens (including phenoxy) is 2. The topological polar surface area (TPSA) is 111 Å². The van der Waals surface area contributed by atoms with E-state index >= 15 is 0 Å². The molecular formula is C70H130NO8P. The number of phosphoric ester groups is 1. The van der Waals surface area contributed by atoms with Crippen molar-refractivity contribution in [1.29, 1.82) is 0 Å². The Bertz CT molecular complexity index is 1530. The van der Waals surface area contributed by atoms with Gasteiger partial charge < -0.3 is 27.9 Å². The van der Waals surface area contributed by atoms with Crippen molar-refractivity contribution >= 4 is 19.8 Å². The average molecular weight is 1140 g/mol. The predicted molar refractivity (Wildman–Crippen MR) is 342 cm³/mol. The van der Waals surface area contributed by atoms with Gasteiger partial charge >= 0.3 is 11.9 Å². The van der Waals surface area contributed by atoms with E-state index in [0.29, 0.717) is 17.4 Å². The maximum absolute atomic E-state index is 12.9. The van der Waals surface area contributed by atoms with Gasteiger partial charge in [-0.1, -0.05) is 293 Å². The Morgan fingerprint density at radius 1 is 0.400 bits per heavy atom. The minimum Gasteiger partial charge on any atom is -0.756 e. The van der Waals surface area contributed by atoms with Crippen molar-refractivity contribution in [3.8, 4) is 0 Å². The number of nitrogens with zero attached hydrogens (tertiary/aromatic N) is 1. The van der Waals surface area contributed by atoms with Crippen LogP contribution < -0.4 is 4.89 Å². The molecule has 468 valence electrons. The molecular weight excluding hydrogens is 1010 g/mol. The summed E-state index contributed by atoms with van der Waals surface area (Å²) in [6.07, 6.45) is 80.1. The zero-order valence-electron chi connectivity index (χ0n) is 53.3. The quantitative estimate of drug-likeness (QED) is 0.0195. The van der Waals surface area contributed by atoms with Crippen LogP contribution in [0, 0.1) is 0 Å². The third kappa shape index (κ3) is 64.9. The number of esters is 2. The zero-order valence-corrected chi connectivity index (χ0v) is 54.2. The van der Waals surface area contributed by atoms with E-state index in [2.05, 4.69) is 74.6 Å². The number of allylic oxidation sites excluding steroid dienone is 10. The summed E-state index contributed by atoms with van der Waals surface area (Å²) < 4.78 is 34.3. The third-order valence-corrected chi connectivity index (χ3v) is 16.0. The maximum Gasteiger partial charge on any atom is 0.306 e. The molecule has 0 fully saturated rings. The number of quaternary nitrogens is 1. The molecule has 0 aromatic rings. The molecule has 10 heteroatoms. The lowest BCUT2D eigenvalue weighted by Gasteiger charge is -2.28. The summed E-state index contributed by atoms with van der Waals surface area (Å²) in [5.41, 5.74) is 0.